The van der Waals surface area contributed by atoms with Gasteiger partial charge in [-0.05, 0) is 37.9 Å². The van der Waals surface area contributed by atoms with E-state index in [9.17, 15) is 4.79 Å². The molecular formula is C15H22N2O2. The van der Waals surface area contributed by atoms with Crippen molar-refractivity contribution in [2.75, 3.05) is 26.2 Å². The van der Waals surface area contributed by atoms with E-state index in [0.29, 0.717) is 13.1 Å². The van der Waals surface area contributed by atoms with E-state index in [-0.39, 0.29) is 12.0 Å². The first-order valence-electron chi connectivity index (χ1n) is 6.91. The molecule has 1 atom stereocenters. The van der Waals surface area contributed by atoms with Crippen LogP contribution in [0.1, 0.15) is 29.3 Å². The number of nitrogens with zero attached hydrogens (tertiary/aromatic N) is 1. The second kappa shape index (κ2) is 6.68. The monoisotopic (exact) mass is 262 g/mol. The predicted molar refractivity (Wildman–Crippen MR) is 75.1 cm³/mol. The van der Waals surface area contributed by atoms with E-state index in [1.54, 1.807) is 0 Å². The van der Waals surface area contributed by atoms with Crippen LogP contribution in [0.3, 0.4) is 0 Å². The Bertz CT molecular complexity index is 434. The zero-order valence-corrected chi connectivity index (χ0v) is 11.5. The van der Waals surface area contributed by atoms with E-state index in [1.807, 2.05) is 36.1 Å². The van der Waals surface area contributed by atoms with Gasteiger partial charge in [0.25, 0.3) is 5.91 Å². The summed E-state index contributed by atoms with van der Waals surface area (Å²) in [6.07, 6.45) is 1.74. The second-order valence-electron chi connectivity index (χ2n) is 4.98. The summed E-state index contributed by atoms with van der Waals surface area (Å²) >= 11 is 0. The summed E-state index contributed by atoms with van der Waals surface area (Å²) < 4.78 is 5.58. The van der Waals surface area contributed by atoms with Crippen LogP contribution in [0.5, 0.6) is 0 Å². The Labute approximate surface area is 114 Å². The van der Waals surface area contributed by atoms with Crippen molar-refractivity contribution < 1.29 is 9.53 Å². The highest BCUT2D eigenvalue weighted by atomic mass is 16.5. The molecule has 19 heavy (non-hydrogen) atoms. The number of benzene rings is 1. The lowest BCUT2D eigenvalue weighted by Gasteiger charge is -2.23. The third kappa shape index (κ3) is 3.55. The molecule has 0 saturated carbocycles. The molecule has 1 aliphatic heterocycles. The number of hydrogen-bond acceptors (Lipinski definition) is 3. The Hall–Kier alpha value is -1.39. The van der Waals surface area contributed by atoms with E-state index in [4.69, 9.17) is 10.5 Å². The first-order chi connectivity index (χ1) is 9.22. The fourth-order valence-corrected chi connectivity index (χ4v) is 2.45. The molecular weight excluding hydrogens is 240 g/mol. The lowest BCUT2D eigenvalue weighted by Crippen LogP contribution is -2.36. The van der Waals surface area contributed by atoms with Gasteiger partial charge in [0.2, 0.25) is 0 Å². The predicted octanol–water partition coefficient (Wildman–Crippen LogP) is 1.44. The average molecular weight is 262 g/mol. The summed E-state index contributed by atoms with van der Waals surface area (Å²) in [5.74, 6) is 0.0985. The average Bonchev–Trinajstić information content (AvgIpc) is 2.64. The largest absolute Gasteiger partial charge is 0.377 e. The van der Waals surface area contributed by atoms with Crippen molar-refractivity contribution in [1.82, 2.24) is 4.90 Å². The van der Waals surface area contributed by atoms with Gasteiger partial charge in [-0.1, -0.05) is 18.2 Å². The maximum Gasteiger partial charge on any atom is 0.254 e. The van der Waals surface area contributed by atoms with Gasteiger partial charge >= 0.3 is 0 Å². The zero-order valence-electron chi connectivity index (χ0n) is 11.5. The van der Waals surface area contributed by atoms with E-state index in [2.05, 4.69) is 0 Å². The van der Waals surface area contributed by atoms with Gasteiger partial charge in [-0.15, -0.1) is 0 Å². The SMILES string of the molecule is CC1CN(C(=O)c2ccccc2CCN)CCCO1. The number of rotatable bonds is 3. The van der Waals surface area contributed by atoms with Crippen LogP contribution in [0, 0.1) is 0 Å². The van der Waals surface area contributed by atoms with E-state index < -0.39 is 0 Å². The molecule has 1 aromatic carbocycles. The van der Waals surface area contributed by atoms with Crippen molar-refractivity contribution in [2.24, 2.45) is 5.73 Å². The van der Waals surface area contributed by atoms with Gasteiger partial charge < -0.3 is 15.4 Å². The molecule has 1 aliphatic rings. The number of carbonyl (C=O) groups excluding carboxylic acids is 1. The molecule has 0 spiro atoms. The fourth-order valence-electron chi connectivity index (χ4n) is 2.45. The third-order valence-corrected chi connectivity index (χ3v) is 3.40. The quantitative estimate of drug-likeness (QED) is 0.896. The van der Waals surface area contributed by atoms with Gasteiger partial charge in [0.05, 0.1) is 6.10 Å². The minimum absolute atomic E-state index is 0.0985. The summed E-state index contributed by atoms with van der Waals surface area (Å²) in [5.41, 5.74) is 7.42. The molecule has 1 unspecified atom stereocenters. The number of ether oxygens (including phenoxy) is 1. The Morgan fingerprint density at radius 1 is 1.47 bits per heavy atom. The van der Waals surface area contributed by atoms with E-state index >= 15 is 0 Å². The molecule has 2 N–H and O–H groups in total. The van der Waals surface area contributed by atoms with Gasteiger partial charge in [-0.2, -0.15) is 0 Å². The molecule has 4 heteroatoms. The first-order valence-corrected chi connectivity index (χ1v) is 6.91. The summed E-state index contributed by atoms with van der Waals surface area (Å²) in [4.78, 5) is 14.5. The van der Waals surface area contributed by atoms with Crippen LogP contribution in [0.15, 0.2) is 24.3 Å². The second-order valence-corrected chi connectivity index (χ2v) is 4.98. The maximum absolute atomic E-state index is 12.6. The summed E-state index contributed by atoms with van der Waals surface area (Å²) in [6, 6.07) is 7.74. The highest BCUT2D eigenvalue weighted by molar-refractivity contribution is 5.95. The van der Waals surface area contributed by atoms with Crippen molar-refractivity contribution >= 4 is 5.91 Å². The fraction of sp³-hybridized carbons (Fsp3) is 0.533. The molecule has 0 aromatic heterocycles. The number of amides is 1. The lowest BCUT2D eigenvalue weighted by atomic mass is 10.0. The van der Waals surface area contributed by atoms with Crippen molar-refractivity contribution in [3.05, 3.63) is 35.4 Å². The van der Waals surface area contributed by atoms with Crippen molar-refractivity contribution in [3.63, 3.8) is 0 Å². The lowest BCUT2D eigenvalue weighted by molar-refractivity contribution is 0.0562. The third-order valence-electron chi connectivity index (χ3n) is 3.40. The van der Waals surface area contributed by atoms with Crippen molar-refractivity contribution in [1.29, 1.82) is 0 Å². The molecule has 4 nitrogen and oxygen atoms in total. The van der Waals surface area contributed by atoms with Gasteiger partial charge in [-0.3, -0.25) is 4.79 Å². The van der Waals surface area contributed by atoms with Crippen LogP contribution in [-0.2, 0) is 11.2 Å². The number of carbonyl (C=O) groups is 1. The first kappa shape index (κ1) is 14.0. The van der Waals surface area contributed by atoms with Crippen LogP contribution in [0.25, 0.3) is 0 Å². The normalized spacial score (nSPS) is 20.1. The van der Waals surface area contributed by atoms with Crippen molar-refractivity contribution in [3.8, 4) is 0 Å². The standard InChI is InChI=1S/C15H22N2O2/c1-12-11-17(9-4-10-19-12)15(18)14-6-3-2-5-13(14)7-8-16/h2-3,5-6,12H,4,7-11,16H2,1H3. The van der Waals surface area contributed by atoms with Gasteiger partial charge in [0, 0.05) is 25.3 Å². The van der Waals surface area contributed by atoms with E-state index in [0.717, 1.165) is 37.1 Å². The molecule has 104 valence electrons. The van der Waals surface area contributed by atoms with Crippen LogP contribution >= 0.6 is 0 Å². The van der Waals surface area contributed by atoms with Gasteiger partial charge in [-0.25, -0.2) is 0 Å². The molecule has 1 saturated heterocycles. The Balaban J connectivity index is 2.18. The zero-order chi connectivity index (χ0) is 13.7. The molecule has 1 aromatic rings. The summed E-state index contributed by atoms with van der Waals surface area (Å²) in [6.45, 7) is 4.73. The Morgan fingerprint density at radius 2 is 2.26 bits per heavy atom. The Morgan fingerprint density at radius 3 is 3.05 bits per heavy atom. The number of hydrogen-bond donors (Lipinski definition) is 1. The molecule has 0 bridgehead atoms. The Kier molecular flexibility index (Phi) is 4.93. The minimum Gasteiger partial charge on any atom is -0.377 e. The van der Waals surface area contributed by atoms with E-state index in [1.165, 1.54) is 0 Å². The minimum atomic E-state index is 0.0985. The van der Waals surface area contributed by atoms with Crippen LogP contribution < -0.4 is 5.73 Å². The maximum atomic E-state index is 12.6. The summed E-state index contributed by atoms with van der Waals surface area (Å²) in [5, 5.41) is 0. The van der Waals surface area contributed by atoms with Crippen molar-refractivity contribution in [2.45, 2.75) is 25.9 Å². The summed E-state index contributed by atoms with van der Waals surface area (Å²) in [7, 11) is 0. The van der Waals surface area contributed by atoms with Gasteiger partial charge in [0.15, 0.2) is 0 Å². The molecule has 0 aliphatic carbocycles. The van der Waals surface area contributed by atoms with Crippen LogP contribution in [0.2, 0.25) is 0 Å². The molecule has 0 radical (unpaired) electrons. The molecule has 1 fully saturated rings. The topological polar surface area (TPSA) is 55.6 Å². The van der Waals surface area contributed by atoms with Gasteiger partial charge in [0.1, 0.15) is 0 Å². The molecule has 1 amide bonds. The highest BCUT2D eigenvalue weighted by Gasteiger charge is 2.22. The smallest absolute Gasteiger partial charge is 0.254 e. The molecule has 1 heterocycles. The number of nitrogens with two attached hydrogens (primary N) is 1. The van der Waals surface area contributed by atoms with Crippen LogP contribution in [0.4, 0.5) is 0 Å². The highest BCUT2D eigenvalue weighted by Crippen LogP contribution is 2.15. The van der Waals surface area contributed by atoms with Crippen LogP contribution in [-0.4, -0.2) is 43.2 Å². The molecule has 2 rings (SSSR count).